The van der Waals surface area contributed by atoms with Gasteiger partial charge in [0, 0.05) is 30.8 Å². The number of amidine groups is 1. The van der Waals surface area contributed by atoms with Gasteiger partial charge in [-0.3, -0.25) is 5.41 Å². The van der Waals surface area contributed by atoms with E-state index in [0.717, 1.165) is 29.1 Å². The van der Waals surface area contributed by atoms with Gasteiger partial charge in [-0.05, 0) is 0 Å². The van der Waals surface area contributed by atoms with E-state index >= 15 is 0 Å². The molecule has 3 N–H and O–H groups in total. The van der Waals surface area contributed by atoms with Crippen molar-refractivity contribution in [3.05, 3.63) is 41.9 Å². The molecule has 4 heteroatoms. The molecule has 0 unspecified atom stereocenters. The van der Waals surface area contributed by atoms with Crippen molar-refractivity contribution in [1.82, 2.24) is 9.55 Å². The molecule has 88 valence electrons. The maximum Gasteiger partial charge on any atom is 0.122 e. The standard InChI is InChI=1S/C13H16N4/c1-3-12-16-11(8-17(12)2)9-4-6-10(7-5-9)13(14)15/h4-8H,3H2,1-2H3,(H3,14,15). The summed E-state index contributed by atoms with van der Waals surface area (Å²) < 4.78 is 2.04. The predicted octanol–water partition coefficient (Wildman–Crippen LogP) is 1.93. The van der Waals surface area contributed by atoms with E-state index in [1.165, 1.54) is 0 Å². The average Bonchev–Trinajstić information content (AvgIpc) is 2.70. The smallest absolute Gasteiger partial charge is 0.122 e. The first-order valence-electron chi connectivity index (χ1n) is 5.59. The number of hydrogen-bond donors (Lipinski definition) is 2. The van der Waals surface area contributed by atoms with Crippen LogP contribution in [0.2, 0.25) is 0 Å². The zero-order valence-corrected chi connectivity index (χ0v) is 10.1. The van der Waals surface area contributed by atoms with E-state index in [1.807, 2.05) is 42.1 Å². The van der Waals surface area contributed by atoms with Gasteiger partial charge in [0.1, 0.15) is 11.7 Å². The van der Waals surface area contributed by atoms with E-state index < -0.39 is 0 Å². The van der Waals surface area contributed by atoms with E-state index in [-0.39, 0.29) is 5.84 Å². The minimum absolute atomic E-state index is 0.0896. The molecule has 1 aromatic carbocycles. The Morgan fingerprint density at radius 1 is 1.35 bits per heavy atom. The Labute approximate surface area is 101 Å². The Bertz CT molecular complexity index is 537. The van der Waals surface area contributed by atoms with Crippen LogP contribution in [0.25, 0.3) is 11.3 Å². The highest BCUT2D eigenvalue weighted by molar-refractivity contribution is 5.95. The highest BCUT2D eigenvalue weighted by Crippen LogP contribution is 2.19. The summed E-state index contributed by atoms with van der Waals surface area (Å²) in [6.07, 6.45) is 2.93. The molecule has 17 heavy (non-hydrogen) atoms. The third-order valence-corrected chi connectivity index (χ3v) is 2.78. The Morgan fingerprint density at radius 3 is 2.47 bits per heavy atom. The third kappa shape index (κ3) is 2.20. The van der Waals surface area contributed by atoms with Crippen LogP contribution in [0.4, 0.5) is 0 Å². The second kappa shape index (κ2) is 4.41. The van der Waals surface area contributed by atoms with Crippen LogP contribution in [-0.2, 0) is 13.5 Å². The van der Waals surface area contributed by atoms with Gasteiger partial charge in [0.05, 0.1) is 5.69 Å². The number of nitrogens with two attached hydrogens (primary N) is 1. The van der Waals surface area contributed by atoms with Gasteiger partial charge in [-0.2, -0.15) is 0 Å². The molecule has 2 rings (SSSR count). The molecule has 2 aromatic rings. The minimum atomic E-state index is 0.0896. The maximum absolute atomic E-state index is 7.34. The molecule has 0 radical (unpaired) electrons. The molecule has 0 atom stereocenters. The van der Waals surface area contributed by atoms with Gasteiger partial charge >= 0.3 is 0 Å². The van der Waals surface area contributed by atoms with E-state index in [9.17, 15) is 0 Å². The second-order valence-electron chi connectivity index (χ2n) is 4.00. The second-order valence-corrected chi connectivity index (χ2v) is 4.00. The quantitative estimate of drug-likeness (QED) is 0.622. The Balaban J connectivity index is 2.36. The maximum atomic E-state index is 7.34. The van der Waals surface area contributed by atoms with E-state index in [4.69, 9.17) is 11.1 Å². The summed E-state index contributed by atoms with van der Waals surface area (Å²) in [5.41, 5.74) is 8.16. The molecule has 0 aliphatic heterocycles. The van der Waals surface area contributed by atoms with Gasteiger partial charge in [0.25, 0.3) is 0 Å². The van der Waals surface area contributed by atoms with Crippen molar-refractivity contribution in [3.8, 4) is 11.3 Å². The van der Waals surface area contributed by atoms with Crippen LogP contribution in [0.15, 0.2) is 30.5 Å². The molecule has 0 saturated carbocycles. The van der Waals surface area contributed by atoms with Gasteiger partial charge in [-0.1, -0.05) is 31.2 Å². The molecule has 0 fully saturated rings. The molecule has 0 aliphatic rings. The predicted molar refractivity (Wildman–Crippen MR) is 69.0 cm³/mol. The van der Waals surface area contributed by atoms with Crippen LogP contribution in [-0.4, -0.2) is 15.4 Å². The Kier molecular flexibility index (Phi) is 2.95. The first-order chi connectivity index (χ1) is 8.11. The zero-order chi connectivity index (χ0) is 12.4. The average molecular weight is 228 g/mol. The van der Waals surface area contributed by atoms with Crippen molar-refractivity contribution in [1.29, 1.82) is 5.41 Å². The van der Waals surface area contributed by atoms with Gasteiger partial charge in [0.15, 0.2) is 0 Å². The molecule has 4 nitrogen and oxygen atoms in total. The summed E-state index contributed by atoms with van der Waals surface area (Å²) in [4.78, 5) is 4.55. The molecule has 0 amide bonds. The van der Waals surface area contributed by atoms with Gasteiger partial charge in [-0.25, -0.2) is 4.98 Å². The number of imidazole rings is 1. The van der Waals surface area contributed by atoms with Crippen LogP contribution < -0.4 is 5.73 Å². The van der Waals surface area contributed by atoms with Crippen LogP contribution in [0.3, 0.4) is 0 Å². The lowest BCUT2D eigenvalue weighted by Crippen LogP contribution is -2.10. The topological polar surface area (TPSA) is 67.7 Å². The summed E-state index contributed by atoms with van der Waals surface area (Å²) >= 11 is 0. The van der Waals surface area contributed by atoms with Gasteiger partial charge < -0.3 is 10.3 Å². The van der Waals surface area contributed by atoms with Crippen LogP contribution >= 0.6 is 0 Å². The molecule has 1 heterocycles. The lowest BCUT2D eigenvalue weighted by atomic mass is 10.1. The highest BCUT2D eigenvalue weighted by atomic mass is 15.0. The van der Waals surface area contributed by atoms with Crippen molar-refractivity contribution < 1.29 is 0 Å². The van der Waals surface area contributed by atoms with E-state index in [2.05, 4.69) is 11.9 Å². The van der Waals surface area contributed by atoms with Crippen molar-refractivity contribution in [3.63, 3.8) is 0 Å². The summed E-state index contributed by atoms with van der Waals surface area (Å²) in [5.74, 6) is 1.16. The van der Waals surface area contributed by atoms with Crippen LogP contribution in [0, 0.1) is 5.41 Å². The molecule has 0 saturated heterocycles. The van der Waals surface area contributed by atoms with Crippen LogP contribution in [0.5, 0.6) is 0 Å². The summed E-state index contributed by atoms with van der Waals surface area (Å²) in [6.45, 7) is 2.09. The number of rotatable bonds is 3. The first kappa shape index (κ1) is 11.4. The molecule has 1 aromatic heterocycles. The number of nitrogens with zero attached hydrogens (tertiary/aromatic N) is 2. The summed E-state index contributed by atoms with van der Waals surface area (Å²) in [5, 5.41) is 7.34. The fourth-order valence-electron chi connectivity index (χ4n) is 1.79. The SMILES string of the molecule is CCc1nc(-c2ccc(C(=N)N)cc2)cn1C. The molecule has 0 bridgehead atoms. The monoisotopic (exact) mass is 228 g/mol. The highest BCUT2D eigenvalue weighted by Gasteiger charge is 2.06. The number of benzene rings is 1. The number of aromatic nitrogens is 2. The van der Waals surface area contributed by atoms with E-state index in [1.54, 1.807) is 0 Å². The fraction of sp³-hybridized carbons (Fsp3) is 0.231. The molecular weight excluding hydrogens is 212 g/mol. The lowest BCUT2D eigenvalue weighted by molar-refractivity contribution is 0.808. The Morgan fingerprint density at radius 2 is 2.00 bits per heavy atom. The number of aryl methyl sites for hydroxylation is 2. The Hall–Kier alpha value is -2.10. The number of nitrogens with one attached hydrogen (secondary N) is 1. The fourth-order valence-corrected chi connectivity index (χ4v) is 1.79. The zero-order valence-electron chi connectivity index (χ0n) is 10.1. The normalized spacial score (nSPS) is 10.5. The van der Waals surface area contributed by atoms with Crippen LogP contribution in [0.1, 0.15) is 18.3 Å². The number of hydrogen-bond acceptors (Lipinski definition) is 2. The van der Waals surface area contributed by atoms with Gasteiger partial charge in [0.2, 0.25) is 0 Å². The molecule has 0 spiro atoms. The lowest BCUT2D eigenvalue weighted by Gasteiger charge is -1.99. The first-order valence-corrected chi connectivity index (χ1v) is 5.59. The molecule has 0 aliphatic carbocycles. The minimum Gasteiger partial charge on any atom is -0.384 e. The van der Waals surface area contributed by atoms with Crippen molar-refractivity contribution in [2.24, 2.45) is 12.8 Å². The van der Waals surface area contributed by atoms with Gasteiger partial charge in [-0.15, -0.1) is 0 Å². The van der Waals surface area contributed by atoms with E-state index in [0.29, 0.717) is 0 Å². The molecular formula is C13H16N4. The largest absolute Gasteiger partial charge is 0.384 e. The van der Waals surface area contributed by atoms with Crippen molar-refractivity contribution >= 4 is 5.84 Å². The summed E-state index contributed by atoms with van der Waals surface area (Å²) in [6, 6.07) is 7.58. The summed E-state index contributed by atoms with van der Waals surface area (Å²) in [7, 11) is 2.00. The van der Waals surface area contributed by atoms with Crippen molar-refractivity contribution in [2.45, 2.75) is 13.3 Å². The van der Waals surface area contributed by atoms with Crippen molar-refractivity contribution in [2.75, 3.05) is 0 Å². The number of nitrogen functional groups attached to an aromatic ring is 1. The third-order valence-electron chi connectivity index (χ3n) is 2.78.